The highest BCUT2D eigenvalue weighted by Crippen LogP contribution is 2.23. The Morgan fingerprint density at radius 2 is 2.06 bits per heavy atom. The fourth-order valence-electron chi connectivity index (χ4n) is 1.46. The molecule has 1 aromatic heterocycles. The zero-order chi connectivity index (χ0) is 11.7. The van der Waals surface area contributed by atoms with E-state index in [1.807, 2.05) is 0 Å². The first kappa shape index (κ1) is 10.3. The van der Waals surface area contributed by atoms with Crippen LogP contribution in [0.25, 0.3) is 5.70 Å². The molecule has 0 spiro atoms. The van der Waals surface area contributed by atoms with Gasteiger partial charge < -0.3 is 10.4 Å². The topological polar surface area (TPSA) is 92.2 Å². The van der Waals surface area contributed by atoms with Gasteiger partial charge in [0, 0.05) is 18.0 Å². The largest absolute Gasteiger partial charge is 0.478 e. The Labute approximate surface area is 91.0 Å². The molecule has 6 heteroatoms. The van der Waals surface area contributed by atoms with Crippen LogP contribution in [0.2, 0.25) is 0 Å². The minimum Gasteiger partial charge on any atom is -0.478 e. The number of nitrogens with one attached hydrogen (secondary N) is 1. The summed E-state index contributed by atoms with van der Waals surface area (Å²) in [6, 6.07) is 0. The van der Waals surface area contributed by atoms with Crippen molar-refractivity contribution in [1.29, 1.82) is 0 Å². The van der Waals surface area contributed by atoms with Crippen LogP contribution in [-0.2, 0) is 9.59 Å². The third kappa shape index (κ3) is 1.77. The summed E-state index contributed by atoms with van der Waals surface area (Å²) < 4.78 is 0. The van der Waals surface area contributed by atoms with Gasteiger partial charge in [0.1, 0.15) is 5.82 Å². The number of amides is 1. The van der Waals surface area contributed by atoms with Gasteiger partial charge in [-0.3, -0.25) is 4.79 Å². The van der Waals surface area contributed by atoms with Crippen molar-refractivity contribution in [2.75, 3.05) is 0 Å². The first-order valence-corrected chi connectivity index (χ1v) is 4.63. The molecule has 16 heavy (non-hydrogen) atoms. The predicted molar refractivity (Wildman–Crippen MR) is 54.1 cm³/mol. The lowest BCUT2D eigenvalue weighted by Crippen LogP contribution is -2.14. The van der Waals surface area contributed by atoms with E-state index in [2.05, 4.69) is 15.3 Å². The van der Waals surface area contributed by atoms with E-state index < -0.39 is 5.97 Å². The van der Waals surface area contributed by atoms with Gasteiger partial charge in [0.05, 0.1) is 17.7 Å². The first-order chi connectivity index (χ1) is 7.58. The van der Waals surface area contributed by atoms with E-state index >= 15 is 0 Å². The summed E-state index contributed by atoms with van der Waals surface area (Å²) >= 11 is 0. The molecular weight excluding hydrogens is 210 g/mol. The third-order valence-electron chi connectivity index (χ3n) is 2.23. The van der Waals surface area contributed by atoms with E-state index in [-0.39, 0.29) is 23.6 Å². The van der Waals surface area contributed by atoms with E-state index in [1.165, 1.54) is 12.4 Å². The van der Waals surface area contributed by atoms with Crippen molar-refractivity contribution in [3.63, 3.8) is 0 Å². The molecular formula is C10H9N3O3. The highest BCUT2D eigenvalue weighted by atomic mass is 16.4. The number of rotatable bonds is 2. The maximum Gasteiger partial charge on any atom is 0.334 e. The Morgan fingerprint density at radius 1 is 1.44 bits per heavy atom. The lowest BCUT2D eigenvalue weighted by Gasteiger charge is -2.03. The summed E-state index contributed by atoms with van der Waals surface area (Å²) in [7, 11) is 0. The lowest BCUT2D eigenvalue weighted by molar-refractivity contribution is -0.133. The van der Waals surface area contributed by atoms with Crippen LogP contribution in [-0.4, -0.2) is 27.0 Å². The summed E-state index contributed by atoms with van der Waals surface area (Å²) in [5.74, 6) is -0.840. The average Bonchev–Trinajstić information content (AvgIpc) is 2.61. The van der Waals surface area contributed by atoms with Crippen LogP contribution >= 0.6 is 0 Å². The Hall–Kier alpha value is -2.24. The zero-order valence-electron chi connectivity index (χ0n) is 8.52. The maximum absolute atomic E-state index is 11.2. The van der Waals surface area contributed by atoms with Gasteiger partial charge in [0.15, 0.2) is 0 Å². The number of aliphatic carboxylic acids is 1. The van der Waals surface area contributed by atoms with Crippen molar-refractivity contribution in [2.24, 2.45) is 0 Å². The molecule has 82 valence electrons. The molecule has 1 aliphatic heterocycles. The number of aryl methyl sites for hydroxylation is 1. The van der Waals surface area contributed by atoms with Crippen LogP contribution in [0.15, 0.2) is 18.0 Å². The second-order valence-corrected chi connectivity index (χ2v) is 3.40. The molecule has 1 aromatic rings. The zero-order valence-corrected chi connectivity index (χ0v) is 8.52. The number of hydrogen-bond donors (Lipinski definition) is 2. The molecule has 0 atom stereocenters. The normalized spacial score (nSPS) is 15.2. The minimum atomic E-state index is -1.10. The minimum absolute atomic E-state index is 0.0532. The fraction of sp³-hybridized carbons (Fsp3) is 0.200. The van der Waals surface area contributed by atoms with Crippen molar-refractivity contribution in [3.8, 4) is 0 Å². The van der Waals surface area contributed by atoms with Crippen molar-refractivity contribution in [2.45, 2.75) is 13.3 Å². The predicted octanol–water partition coefficient (Wildman–Crippen LogP) is 0.101. The average molecular weight is 219 g/mol. The molecule has 2 rings (SSSR count). The molecule has 0 bridgehead atoms. The number of carboxylic acid groups (broad SMARTS) is 1. The summed E-state index contributed by atoms with van der Waals surface area (Å²) in [5, 5.41) is 11.4. The van der Waals surface area contributed by atoms with Gasteiger partial charge in [0.25, 0.3) is 0 Å². The molecule has 1 amide bonds. The Balaban J connectivity index is 2.45. The molecule has 0 saturated carbocycles. The molecule has 0 aliphatic carbocycles. The van der Waals surface area contributed by atoms with Gasteiger partial charge in [0.2, 0.25) is 5.91 Å². The lowest BCUT2D eigenvalue weighted by atomic mass is 10.1. The van der Waals surface area contributed by atoms with Crippen LogP contribution in [0, 0.1) is 6.92 Å². The molecule has 2 heterocycles. The van der Waals surface area contributed by atoms with E-state index in [0.29, 0.717) is 11.4 Å². The van der Waals surface area contributed by atoms with E-state index in [4.69, 9.17) is 5.11 Å². The van der Waals surface area contributed by atoms with E-state index in [1.54, 1.807) is 6.92 Å². The van der Waals surface area contributed by atoms with Gasteiger partial charge in [-0.15, -0.1) is 0 Å². The maximum atomic E-state index is 11.2. The van der Waals surface area contributed by atoms with Gasteiger partial charge >= 0.3 is 5.97 Å². The molecule has 2 N–H and O–H groups in total. The van der Waals surface area contributed by atoms with E-state index in [0.717, 1.165) is 0 Å². The number of aromatic nitrogens is 2. The molecule has 0 unspecified atom stereocenters. The Morgan fingerprint density at radius 3 is 2.62 bits per heavy atom. The summed E-state index contributed by atoms with van der Waals surface area (Å²) in [4.78, 5) is 30.0. The number of carbonyl (C=O) groups excluding carboxylic acids is 1. The molecule has 1 aliphatic rings. The highest BCUT2D eigenvalue weighted by Gasteiger charge is 2.27. The second kappa shape index (κ2) is 3.73. The number of nitrogens with zero attached hydrogens (tertiary/aromatic N) is 2. The van der Waals surface area contributed by atoms with Crippen LogP contribution < -0.4 is 5.32 Å². The number of carboxylic acids is 1. The van der Waals surface area contributed by atoms with Gasteiger partial charge in [-0.05, 0) is 6.92 Å². The highest BCUT2D eigenvalue weighted by molar-refractivity contribution is 6.08. The molecule has 0 saturated heterocycles. The Kier molecular flexibility index (Phi) is 2.40. The standard InChI is InChI=1S/C10H9N3O3/c1-5-11-3-6(4-12-5)9-7(10(15)16)2-8(14)13-9/h3-4H,2H2,1H3,(H,13,14)(H,15,16). The monoisotopic (exact) mass is 219 g/mol. The first-order valence-electron chi connectivity index (χ1n) is 4.63. The SMILES string of the molecule is Cc1ncc(C2=C(C(=O)O)CC(=O)N2)cn1. The van der Waals surface area contributed by atoms with Crippen LogP contribution in [0.4, 0.5) is 0 Å². The van der Waals surface area contributed by atoms with Crippen LogP contribution in [0.5, 0.6) is 0 Å². The molecule has 0 aromatic carbocycles. The van der Waals surface area contributed by atoms with Crippen LogP contribution in [0.3, 0.4) is 0 Å². The fourth-order valence-corrected chi connectivity index (χ4v) is 1.46. The van der Waals surface area contributed by atoms with Crippen molar-refractivity contribution < 1.29 is 14.7 Å². The number of carbonyl (C=O) groups is 2. The second-order valence-electron chi connectivity index (χ2n) is 3.40. The van der Waals surface area contributed by atoms with Crippen LogP contribution in [0.1, 0.15) is 17.8 Å². The summed E-state index contributed by atoms with van der Waals surface area (Å²) in [6.45, 7) is 1.73. The van der Waals surface area contributed by atoms with Crippen molar-refractivity contribution in [3.05, 3.63) is 29.4 Å². The molecule has 0 fully saturated rings. The number of hydrogen-bond acceptors (Lipinski definition) is 4. The summed E-state index contributed by atoms with van der Waals surface area (Å²) in [5.41, 5.74) is 0.851. The smallest absolute Gasteiger partial charge is 0.334 e. The van der Waals surface area contributed by atoms with Gasteiger partial charge in [-0.2, -0.15) is 0 Å². The third-order valence-corrected chi connectivity index (χ3v) is 2.23. The van der Waals surface area contributed by atoms with Gasteiger partial charge in [-0.25, -0.2) is 14.8 Å². The molecule has 0 radical (unpaired) electrons. The quantitative estimate of drug-likeness (QED) is 0.736. The van der Waals surface area contributed by atoms with Crippen molar-refractivity contribution in [1.82, 2.24) is 15.3 Å². The van der Waals surface area contributed by atoms with E-state index in [9.17, 15) is 9.59 Å². The van der Waals surface area contributed by atoms with Crippen molar-refractivity contribution >= 4 is 17.6 Å². The van der Waals surface area contributed by atoms with Gasteiger partial charge in [-0.1, -0.05) is 0 Å². The summed E-state index contributed by atoms with van der Waals surface area (Å²) in [6.07, 6.45) is 2.87. The Bertz CT molecular complexity index is 491. The molecule has 6 nitrogen and oxygen atoms in total.